The van der Waals surface area contributed by atoms with Crippen molar-refractivity contribution < 1.29 is 0 Å². The molecule has 0 aromatic rings. The lowest BCUT2D eigenvalue weighted by molar-refractivity contribution is -0.109. The molecule has 0 N–H and O–H groups in total. The maximum Gasteiger partial charge on any atom is 0.00982 e. The first kappa shape index (κ1) is 15.2. The van der Waals surface area contributed by atoms with Crippen molar-refractivity contribution in [2.75, 3.05) is 13.6 Å². The van der Waals surface area contributed by atoms with E-state index in [-0.39, 0.29) is 0 Å². The lowest BCUT2D eigenvalue weighted by Gasteiger charge is -2.60. The van der Waals surface area contributed by atoms with E-state index in [1.165, 1.54) is 19.4 Å². The summed E-state index contributed by atoms with van der Waals surface area (Å²) in [5.74, 6) is 5.35. The highest BCUT2D eigenvalue weighted by Gasteiger charge is 2.64. The third-order valence-electron chi connectivity index (χ3n) is 10.2. The third kappa shape index (κ3) is 1.84. The average Bonchev–Trinajstić information content (AvgIpc) is 3.02. The van der Waals surface area contributed by atoms with Crippen LogP contribution in [0.3, 0.4) is 0 Å². The number of hydrogen-bond donors (Lipinski definition) is 0. The highest BCUT2D eigenvalue weighted by molar-refractivity contribution is 5.14. The van der Waals surface area contributed by atoms with Crippen molar-refractivity contribution in [1.29, 1.82) is 0 Å². The van der Waals surface area contributed by atoms with Crippen LogP contribution >= 0.6 is 0 Å². The van der Waals surface area contributed by atoms with E-state index in [2.05, 4.69) is 25.8 Å². The van der Waals surface area contributed by atoms with Gasteiger partial charge in [-0.15, -0.1) is 0 Å². The Morgan fingerprint density at radius 1 is 0.826 bits per heavy atom. The van der Waals surface area contributed by atoms with Crippen molar-refractivity contribution in [3.63, 3.8) is 0 Å². The molecule has 0 amide bonds. The maximum atomic E-state index is 2.72. The molecule has 23 heavy (non-hydrogen) atoms. The van der Waals surface area contributed by atoms with Gasteiger partial charge in [0.15, 0.2) is 0 Å². The molecule has 1 heterocycles. The molecule has 130 valence electrons. The van der Waals surface area contributed by atoms with Crippen molar-refractivity contribution in [3.8, 4) is 0 Å². The number of rotatable bonds is 0. The normalized spacial score (nSPS) is 59.1. The predicted molar refractivity (Wildman–Crippen MR) is 96.3 cm³/mol. The number of hydrogen-bond acceptors (Lipinski definition) is 1. The van der Waals surface area contributed by atoms with Gasteiger partial charge in [0.2, 0.25) is 0 Å². The summed E-state index contributed by atoms with van der Waals surface area (Å²) >= 11 is 0. The van der Waals surface area contributed by atoms with Crippen molar-refractivity contribution in [2.45, 2.75) is 84.1 Å². The van der Waals surface area contributed by atoms with Crippen LogP contribution in [-0.2, 0) is 0 Å². The van der Waals surface area contributed by atoms with Crippen molar-refractivity contribution >= 4 is 0 Å². The summed E-state index contributed by atoms with van der Waals surface area (Å²) in [5.41, 5.74) is 1.45. The first-order chi connectivity index (χ1) is 11.1. The molecular weight excluding hydrogens is 278 g/mol. The second-order valence-electron chi connectivity index (χ2n) is 10.5. The molecule has 5 aliphatic rings. The van der Waals surface area contributed by atoms with Gasteiger partial charge in [-0.05, 0) is 106 Å². The standard InChI is InChI=1S/C22H37N/c1-15-18-9-10-20-17-8-7-16-6-4-5-12-21(16,2)19(17)11-13-22(18,20)14-23(15)3/h15-20H,4-14H2,1-3H3/t15-,16+,17+,18+,19-,20-,21-,22-/m0/s1. The molecule has 1 heteroatoms. The van der Waals surface area contributed by atoms with E-state index >= 15 is 0 Å². The molecule has 1 aliphatic heterocycles. The van der Waals surface area contributed by atoms with Crippen molar-refractivity contribution in [3.05, 3.63) is 0 Å². The van der Waals surface area contributed by atoms with Gasteiger partial charge in [0.1, 0.15) is 0 Å². The molecule has 0 unspecified atom stereocenters. The summed E-state index contributed by atoms with van der Waals surface area (Å²) in [6.45, 7) is 6.67. The molecule has 5 rings (SSSR count). The van der Waals surface area contributed by atoms with E-state index in [4.69, 9.17) is 0 Å². The zero-order chi connectivity index (χ0) is 15.8. The smallest absolute Gasteiger partial charge is 0.00982 e. The minimum Gasteiger partial charge on any atom is -0.303 e. The van der Waals surface area contributed by atoms with E-state index in [9.17, 15) is 0 Å². The summed E-state index contributed by atoms with van der Waals surface area (Å²) in [6, 6.07) is 0.846. The van der Waals surface area contributed by atoms with Crippen molar-refractivity contribution in [1.82, 2.24) is 4.90 Å². The zero-order valence-corrected chi connectivity index (χ0v) is 15.7. The minimum absolute atomic E-state index is 0.719. The Morgan fingerprint density at radius 2 is 1.65 bits per heavy atom. The molecule has 4 aliphatic carbocycles. The Kier molecular flexibility index (Phi) is 3.31. The van der Waals surface area contributed by atoms with Crippen LogP contribution in [0.15, 0.2) is 0 Å². The highest BCUT2D eigenvalue weighted by Crippen LogP contribution is 2.69. The first-order valence-electron chi connectivity index (χ1n) is 10.8. The van der Waals surface area contributed by atoms with Crippen LogP contribution in [0.1, 0.15) is 78.1 Å². The predicted octanol–water partition coefficient (Wildman–Crippen LogP) is 5.35. The molecule has 0 radical (unpaired) electrons. The summed E-state index contributed by atoms with van der Waals surface area (Å²) in [5, 5.41) is 0. The van der Waals surface area contributed by atoms with E-state index < -0.39 is 0 Å². The maximum absolute atomic E-state index is 2.72. The summed E-state index contributed by atoms with van der Waals surface area (Å²) in [7, 11) is 2.40. The Morgan fingerprint density at radius 3 is 2.52 bits per heavy atom. The largest absolute Gasteiger partial charge is 0.303 e. The third-order valence-corrected chi connectivity index (χ3v) is 10.2. The molecule has 1 nitrogen and oxygen atoms in total. The van der Waals surface area contributed by atoms with Gasteiger partial charge in [0, 0.05) is 12.6 Å². The second-order valence-corrected chi connectivity index (χ2v) is 10.5. The molecule has 0 aromatic carbocycles. The van der Waals surface area contributed by atoms with E-state index in [1.807, 2.05) is 0 Å². The van der Waals surface area contributed by atoms with Gasteiger partial charge in [0.25, 0.3) is 0 Å². The first-order valence-corrected chi connectivity index (χ1v) is 10.8. The lowest BCUT2D eigenvalue weighted by Crippen LogP contribution is -2.53. The molecule has 1 spiro atoms. The van der Waals surface area contributed by atoms with E-state index in [0.29, 0.717) is 0 Å². The van der Waals surface area contributed by atoms with Crippen LogP contribution in [0, 0.1) is 40.4 Å². The summed E-state index contributed by atoms with van der Waals surface area (Å²) in [4.78, 5) is 2.71. The van der Waals surface area contributed by atoms with Crippen LogP contribution in [0.4, 0.5) is 0 Å². The average molecular weight is 316 g/mol. The molecular formula is C22H37N. The quantitative estimate of drug-likeness (QED) is 0.582. The molecule has 4 saturated carbocycles. The molecule has 5 fully saturated rings. The SMILES string of the molecule is C[C@H]1[C@H]2CC[C@H]3[C@@H]4CC[C@H]5CCCC[C@]5(C)[C@H]4CC[C@]23CN1C. The lowest BCUT2D eigenvalue weighted by atomic mass is 9.45. The molecule has 1 saturated heterocycles. The fourth-order valence-electron chi connectivity index (χ4n) is 9.10. The van der Waals surface area contributed by atoms with Gasteiger partial charge in [0.05, 0.1) is 0 Å². The van der Waals surface area contributed by atoms with Crippen LogP contribution in [-0.4, -0.2) is 24.5 Å². The topological polar surface area (TPSA) is 3.24 Å². The van der Waals surface area contributed by atoms with Gasteiger partial charge < -0.3 is 4.90 Å². The minimum atomic E-state index is 0.719. The van der Waals surface area contributed by atoms with Crippen LogP contribution in [0.25, 0.3) is 0 Å². The summed E-state index contributed by atoms with van der Waals surface area (Å²) < 4.78 is 0. The van der Waals surface area contributed by atoms with Crippen LogP contribution in [0.5, 0.6) is 0 Å². The summed E-state index contributed by atoms with van der Waals surface area (Å²) in [6.07, 6.45) is 15.6. The fourth-order valence-corrected chi connectivity index (χ4v) is 9.10. The Balaban J connectivity index is 1.47. The Hall–Kier alpha value is -0.0400. The van der Waals surface area contributed by atoms with Gasteiger partial charge in [-0.2, -0.15) is 0 Å². The highest BCUT2D eigenvalue weighted by atomic mass is 15.2. The molecule has 0 bridgehead atoms. The molecule has 0 aromatic heterocycles. The second kappa shape index (κ2) is 4.99. The number of fused-ring (bicyclic) bond motifs is 4. The fraction of sp³-hybridized carbons (Fsp3) is 1.00. The van der Waals surface area contributed by atoms with Crippen LogP contribution < -0.4 is 0 Å². The Labute approximate surface area is 143 Å². The van der Waals surface area contributed by atoms with E-state index in [0.717, 1.165) is 46.5 Å². The van der Waals surface area contributed by atoms with Gasteiger partial charge in [-0.1, -0.05) is 19.8 Å². The van der Waals surface area contributed by atoms with Crippen LogP contribution in [0.2, 0.25) is 0 Å². The van der Waals surface area contributed by atoms with Gasteiger partial charge >= 0.3 is 0 Å². The molecule has 8 atom stereocenters. The van der Waals surface area contributed by atoms with Gasteiger partial charge in [-0.3, -0.25) is 0 Å². The number of likely N-dealkylation sites (tertiary alicyclic amines) is 1. The Bertz CT molecular complexity index is 486. The van der Waals surface area contributed by atoms with Crippen molar-refractivity contribution in [2.24, 2.45) is 40.4 Å². The zero-order valence-electron chi connectivity index (χ0n) is 15.7. The van der Waals surface area contributed by atoms with Gasteiger partial charge in [-0.25, -0.2) is 0 Å². The van der Waals surface area contributed by atoms with E-state index in [1.54, 1.807) is 51.4 Å². The number of nitrogens with zero attached hydrogens (tertiary/aromatic N) is 1. The monoisotopic (exact) mass is 315 g/mol.